The van der Waals surface area contributed by atoms with Gasteiger partial charge in [-0.05, 0) is 64.8 Å². The van der Waals surface area contributed by atoms with Gasteiger partial charge in [0.25, 0.3) is 5.91 Å². The second-order valence-electron chi connectivity index (χ2n) is 6.52. The molecule has 1 aliphatic heterocycles. The van der Waals surface area contributed by atoms with E-state index in [0.717, 1.165) is 20.2 Å². The van der Waals surface area contributed by atoms with Crippen LogP contribution in [-0.4, -0.2) is 30.9 Å². The number of carbonyl (C=O) groups is 3. The molecule has 0 aliphatic carbocycles. The summed E-state index contributed by atoms with van der Waals surface area (Å²) in [7, 11) is 0. The summed E-state index contributed by atoms with van der Waals surface area (Å²) >= 11 is 6.73. The molecule has 1 saturated heterocycles. The number of ether oxygens (including phenoxy) is 1. The smallest absolute Gasteiger partial charge is 0.311 e. The van der Waals surface area contributed by atoms with Crippen LogP contribution < -0.4 is 10.2 Å². The molecular weight excluding hydrogens is 492 g/mol. The van der Waals surface area contributed by atoms with E-state index >= 15 is 0 Å². The molecule has 0 spiro atoms. The van der Waals surface area contributed by atoms with Crippen LogP contribution in [0.5, 0.6) is 0 Å². The van der Waals surface area contributed by atoms with Gasteiger partial charge in [0.2, 0.25) is 5.91 Å². The maximum atomic E-state index is 12.3. The molecule has 1 fully saturated rings. The van der Waals surface area contributed by atoms with Crippen molar-refractivity contribution in [2.45, 2.75) is 13.3 Å². The van der Waals surface area contributed by atoms with Gasteiger partial charge < -0.3 is 15.0 Å². The van der Waals surface area contributed by atoms with Crippen molar-refractivity contribution in [3.05, 3.63) is 57.0 Å². The summed E-state index contributed by atoms with van der Waals surface area (Å²) in [5.41, 5.74) is 2.38. The Hall–Kier alpha value is -2.19. The largest absolute Gasteiger partial charge is 0.455 e. The number of esters is 1. The molecule has 3 rings (SSSR count). The molecule has 8 heteroatoms. The first-order valence-corrected chi connectivity index (χ1v) is 10.2. The Morgan fingerprint density at radius 1 is 1.18 bits per heavy atom. The molecule has 0 unspecified atom stereocenters. The van der Waals surface area contributed by atoms with Crippen LogP contribution in [0.25, 0.3) is 0 Å². The molecule has 0 bridgehead atoms. The fourth-order valence-corrected chi connectivity index (χ4v) is 3.76. The number of hydrogen-bond acceptors (Lipinski definition) is 4. The Morgan fingerprint density at radius 3 is 2.57 bits per heavy atom. The summed E-state index contributed by atoms with van der Waals surface area (Å²) in [6.07, 6.45) is 0.0695. The van der Waals surface area contributed by atoms with E-state index in [2.05, 4.69) is 37.2 Å². The average Bonchev–Trinajstić information content (AvgIpc) is 3.04. The summed E-state index contributed by atoms with van der Waals surface area (Å²) in [6.45, 7) is 1.78. The first kappa shape index (κ1) is 20.5. The van der Waals surface area contributed by atoms with Crippen LogP contribution in [0.1, 0.15) is 12.0 Å². The highest BCUT2D eigenvalue weighted by molar-refractivity contribution is 9.10. The fourth-order valence-electron chi connectivity index (χ4n) is 2.90. The summed E-state index contributed by atoms with van der Waals surface area (Å²) < 4.78 is 6.78. The van der Waals surface area contributed by atoms with Gasteiger partial charge in [-0.15, -0.1) is 0 Å². The van der Waals surface area contributed by atoms with E-state index in [4.69, 9.17) is 4.74 Å². The minimum Gasteiger partial charge on any atom is -0.455 e. The highest BCUT2D eigenvalue weighted by Gasteiger charge is 2.36. The lowest BCUT2D eigenvalue weighted by Gasteiger charge is -2.16. The molecule has 2 aromatic carbocycles. The maximum absolute atomic E-state index is 12.3. The van der Waals surface area contributed by atoms with Gasteiger partial charge in [-0.25, -0.2) is 0 Å². The minimum absolute atomic E-state index is 0.0695. The Kier molecular flexibility index (Phi) is 6.51. The molecule has 0 saturated carbocycles. The van der Waals surface area contributed by atoms with E-state index in [0.29, 0.717) is 5.69 Å². The monoisotopic (exact) mass is 508 g/mol. The van der Waals surface area contributed by atoms with Crippen LogP contribution in [0.2, 0.25) is 0 Å². The Labute approximate surface area is 179 Å². The number of carbonyl (C=O) groups excluding carboxylic acids is 3. The number of aryl methyl sites for hydroxylation is 1. The van der Waals surface area contributed by atoms with Gasteiger partial charge in [-0.2, -0.15) is 0 Å². The molecule has 0 aromatic heterocycles. The van der Waals surface area contributed by atoms with Crippen LogP contribution in [-0.2, 0) is 19.1 Å². The van der Waals surface area contributed by atoms with Crippen molar-refractivity contribution >= 4 is 61.0 Å². The second kappa shape index (κ2) is 8.87. The highest BCUT2D eigenvalue weighted by atomic mass is 79.9. The van der Waals surface area contributed by atoms with Crippen molar-refractivity contribution in [3.63, 3.8) is 0 Å². The van der Waals surface area contributed by atoms with E-state index in [1.54, 1.807) is 11.0 Å². The molecule has 146 valence electrons. The van der Waals surface area contributed by atoms with Gasteiger partial charge in [-0.1, -0.05) is 22.0 Å². The summed E-state index contributed by atoms with van der Waals surface area (Å²) in [5.74, 6) is -1.72. The van der Waals surface area contributed by atoms with Crippen LogP contribution >= 0.6 is 31.9 Å². The predicted octanol–water partition coefficient (Wildman–Crippen LogP) is 4.05. The van der Waals surface area contributed by atoms with Crippen LogP contribution in [0.4, 0.5) is 11.4 Å². The van der Waals surface area contributed by atoms with Gasteiger partial charge in [0.15, 0.2) is 6.61 Å². The average molecular weight is 510 g/mol. The zero-order chi connectivity index (χ0) is 20.3. The zero-order valence-corrected chi connectivity index (χ0v) is 18.2. The van der Waals surface area contributed by atoms with Crippen molar-refractivity contribution in [1.29, 1.82) is 0 Å². The number of nitrogens with zero attached hydrogens (tertiary/aromatic N) is 1. The molecule has 2 aromatic rings. The SMILES string of the molecule is Cc1ccc(NC(=O)COC(=O)[C@@H]2CC(=O)N(c3ccc(Br)cc3)C2)c(Br)c1. The summed E-state index contributed by atoms with van der Waals surface area (Å²) in [6, 6.07) is 12.8. The van der Waals surface area contributed by atoms with Crippen molar-refractivity contribution in [3.8, 4) is 0 Å². The molecular formula is C20H18Br2N2O4. The number of halogens is 2. The quantitative estimate of drug-likeness (QED) is 0.617. The van der Waals surface area contributed by atoms with E-state index < -0.39 is 24.4 Å². The molecule has 28 heavy (non-hydrogen) atoms. The Morgan fingerprint density at radius 2 is 1.89 bits per heavy atom. The van der Waals surface area contributed by atoms with Crippen molar-refractivity contribution in [2.75, 3.05) is 23.4 Å². The van der Waals surface area contributed by atoms with Gasteiger partial charge in [0, 0.05) is 27.6 Å². The lowest BCUT2D eigenvalue weighted by molar-refractivity contribution is -0.151. The van der Waals surface area contributed by atoms with Gasteiger partial charge in [-0.3, -0.25) is 14.4 Å². The standard InChI is InChI=1S/C20H18Br2N2O4/c1-12-2-7-17(16(22)8-12)23-18(25)11-28-20(27)13-9-19(26)24(10-13)15-5-3-14(21)4-6-15/h2-8,13H,9-11H2,1H3,(H,23,25)/t13-/m1/s1. The van der Waals surface area contributed by atoms with E-state index in [-0.39, 0.29) is 18.9 Å². The van der Waals surface area contributed by atoms with Gasteiger partial charge in [0.1, 0.15) is 0 Å². The number of rotatable bonds is 5. The number of amides is 2. The lowest BCUT2D eigenvalue weighted by atomic mass is 10.1. The third-order valence-electron chi connectivity index (χ3n) is 4.34. The lowest BCUT2D eigenvalue weighted by Crippen LogP contribution is -2.28. The number of anilines is 2. The third-order valence-corrected chi connectivity index (χ3v) is 5.53. The maximum Gasteiger partial charge on any atom is 0.311 e. The molecule has 2 amide bonds. The number of benzene rings is 2. The molecule has 1 N–H and O–H groups in total. The Balaban J connectivity index is 1.53. The molecule has 6 nitrogen and oxygen atoms in total. The molecule has 1 atom stereocenters. The number of nitrogens with one attached hydrogen (secondary N) is 1. The predicted molar refractivity (Wildman–Crippen MR) is 113 cm³/mol. The van der Waals surface area contributed by atoms with Gasteiger partial charge >= 0.3 is 5.97 Å². The van der Waals surface area contributed by atoms with Crippen LogP contribution in [0.3, 0.4) is 0 Å². The highest BCUT2D eigenvalue weighted by Crippen LogP contribution is 2.27. The fraction of sp³-hybridized carbons (Fsp3) is 0.250. The molecule has 1 heterocycles. The van der Waals surface area contributed by atoms with Crippen molar-refractivity contribution < 1.29 is 19.1 Å². The topological polar surface area (TPSA) is 75.7 Å². The normalized spacial score (nSPS) is 16.2. The first-order valence-electron chi connectivity index (χ1n) is 8.62. The van der Waals surface area contributed by atoms with Crippen molar-refractivity contribution in [2.24, 2.45) is 5.92 Å². The van der Waals surface area contributed by atoms with Crippen LogP contribution in [0.15, 0.2) is 51.4 Å². The van der Waals surface area contributed by atoms with Crippen LogP contribution in [0, 0.1) is 12.8 Å². The van der Waals surface area contributed by atoms with Crippen molar-refractivity contribution in [1.82, 2.24) is 0 Å². The van der Waals surface area contributed by atoms with E-state index in [1.165, 1.54) is 0 Å². The Bertz CT molecular complexity index is 915. The molecule has 1 aliphatic rings. The third kappa shape index (κ3) is 4.99. The minimum atomic E-state index is -0.588. The summed E-state index contributed by atoms with van der Waals surface area (Å²) in [4.78, 5) is 38.2. The number of hydrogen-bond donors (Lipinski definition) is 1. The molecule has 0 radical (unpaired) electrons. The summed E-state index contributed by atoms with van der Waals surface area (Å²) in [5, 5.41) is 2.69. The van der Waals surface area contributed by atoms with Gasteiger partial charge in [0.05, 0.1) is 11.6 Å². The first-order chi connectivity index (χ1) is 13.3. The zero-order valence-electron chi connectivity index (χ0n) is 15.1. The van der Waals surface area contributed by atoms with E-state index in [9.17, 15) is 14.4 Å². The second-order valence-corrected chi connectivity index (χ2v) is 8.29. The van der Waals surface area contributed by atoms with E-state index in [1.807, 2.05) is 43.3 Å².